The van der Waals surface area contributed by atoms with Crippen molar-refractivity contribution >= 4 is 29.1 Å². The number of carbonyl (C=O) groups is 2. The molecule has 1 atom stereocenters. The molecular weight excluding hydrogens is 420 g/mol. The van der Waals surface area contributed by atoms with E-state index in [1.807, 2.05) is 45.9 Å². The van der Waals surface area contributed by atoms with Crippen molar-refractivity contribution in [2.45, 2.75) is 58.0 Å². The van der Waals surface area contributed by atoms with Crippen molar-refractivity contribution in [2.75, 3.05) is 5.32 Å². The number of ketones is 1. The maximum Gasteiger partial charge on any atom is 0.229 e. The first-order valence-corrected chi connectivity index (χ1v) is 11.7. The number of Topliss-reactive ketones (excluding diaryl/α,β-unsaturated/α-hetero) is 1. The summed E-state index contributed by atoms with van der Waals surface area (Å²) in [6.07, 6.45) is 0.701. The Hall–Kier alpha value is -2.93. The minimum atomic E-state index is -0.478. The van der Waals surface area contributed by atoms with Gasteiger partial charge in [0, 0.05) is 29.6 Å². The van der Waals surface area contributed by atoms with Gasteiger partial charge in [-0.15, -0.1) is 10.2 Å². The SMILES string of the molecule is CCn1c(Cc2ccccc2)nnc1SC(C)C(=O)c1ccc(NC(=O)C(C)(C)C)cc1. The van der Waals surface area contributed by atoms with Crippen molar-refractivity contribution in [3.05, 3.63) is 71.5 Å². The van der Waals surface area contributed by atoms with Crippen LogP contribution in [-0.2, 0) is 17.8 Å². The number of carbonyl (C=O) groups excluding carboxylic acids is 2. The smallest absolute Gasteiger partial charge is 0.229 e. The van der Waals surface area contributed by atoms with E-state index in [0.29, 0.717) is 17.7 Å². The first-order chi connectivity index (χ1) is 15.2. The molecule has 2 aromatic carbocycles. The highest BCUT2D eigenvalue weighted by Gasteiger charge is 2.23. The van der Waals surface area contributed by atoms with Crippen LogP contribution in [-0.4, -0.2) is 31.7 Å². The van der Waals surface area contributed by atoms with E-state index in [4.69, 9.17) is 0 Å². The van der Waals surface area contributed by atoms with Crippen LogP contribution >= 0.6 is 11.8 Å². The number of benzene rings is 2. The number of anilines is 1. The highest BCUT2D eigenvalue weighted by molar-refractivity contribution is 8.00. The van der Waals surface area contributed by atoms with Crippen LogP contribution in [0.25, 0.3) is 0 Å². The molecule has 0 fully saturated rings. The lowest BCUT2D eigenvalue weighted by Crippen LogP contribution is -2.27. The Labute approximate surface area is 193 Å². The molecule has 1 aromatic heterocycles. The second-order valence-electron chi connectivity index (χ2n) is 8.71. The predicted octanol–water partition coefficient (Wildman–Crippen LogP) is 5.24. The fourth-order valence-electron chi connectivity index (χ4n) is 3.12. The number of nitrogens with zero attached hydrogens (tertiary/aromatic N) is 3. The number of thioether (sulfide) groups is 1. The topological polar surface area (TPSA) is 76.9 Å². The summed E-state index contributed by atoms with van der Waals surface area (Å²) in [7, 11) is 0. The average Bonchev–Trinajstić information content (AvgIpc) is 3.14. The molecule has 7 heteroatoms. The molecule has 0 aliphatic carbocycles. The maximum atomic E-state index is 13.0. The van der Waals surface area contributed by atoms with Crippen LogP contribution in [0.1, 0.15) is 56.4 Å². The molecule has 3 rings (SSSR count). The summed E-state index contributed by atoms with van der Waals surface area (Å²) in [5.74, 6) is 0.837. The quantitative estimate of drug-likeness (QED) is 0.375. The molecule has 6 nitrogen and oxygen atoms in total. The van der Waals surface area contributed by atoms with Crippen LogP contribution in [0.2, 0.25) is 0 Å². The molecular formula is C25H30N4O2S. The zero-order valence-corrected chi connectivity index (χ0v) is 20.1. The van der Waals surface area contributed by atoms with Crippen molar-refractivity contribution in [1.82, 2.24) is 14.8 Å². The van der Waals surface area contributed by atoms with E-state index in [1.165, 1.54) is 17.3 Å². The minimum absolute atomic E-state index is 0.0129. The van der Waals surface area contributed by atoms with Crippen molar-refractivity contribution in [3.63, 3.8) is 0 Å². The Morgan fingerprint density at radius 1 is 1.03 bits per heavy atom. The molecule has 1 unspecified atom stereocenters. The summed E-state index contributed by atoms with van der Waals surface area (Å²) < 4.78 is 2.06. The fraction of sp³-hybridized carbons (Fsp3) is 0.360. The summed E-state index contributed by atoms with van der Waals surface area (Å²) in [5, 5.41) is 12.0. The lowest BCUT2D eigenvalue weighted by Gasteiger charge is -2.18. The Morgan fingerprint density at radius 3 is 2.28 bits per heavy atom. The van der Waals surface area contributed by atoms with Gasteiger partial charge in [-0.3, -0.25) is 9.59 Å². The largest absolute Gasteiger partial charge is 0.326 e. The van der Waals surface area contributed by atoms with Crippen LogP contribution in [0.3, 0.4) is 0 Å². The van der Waals surface area contributed by atoms with E-state index in [2.05, 4.69) is 39.1 Å². The zero-order chi connectivity index (χ0) is 23.3. The predicted molar refractivity (Wildman–Crippen MR) is 129 cm³/mol. The van der Waals surface area contributed by atoms with Gasteiger partial charge in [0.05, 0.1) is 5.25 Å². The van der Waals surface area contributed by atoms with Crippen LogP contribution in [0, 0.1) is 5.41 Å². The minimum Gasteiger partial charge on any atom is -0.326 e. The van der Waals surface area contributed by atoms with Gasteiger partial charge in [-0.25, -0.2) is 0 Å². The normalized spacial score (nSPS) is 12.4. The highest BCUT2D eigenvalue weighted by Crippen LogP contribution is 2.26. The van der Waals surface area contributed by atoms with Gasteiger partial charge < -0.3 is 9.88 Å². The summed E-state index contributed by atoms with van der Waals surface area (Å²) in [4.78, 5) is 25.1. The summed E-state index contributed by atoms with van der Waals surface area (Å²) >= 11 is 1.42. The van der Waals surface area contributed by atoms with E-state index < -0.39 is 5.41 Å². The average molecular weight is 451 g/mol. The van der Waals surface area contributed by atoms with Gasteiger partial charge in [0.15, 0.2) is 10.9 Å². The number of rotatable bonds is 8. The van der Waals surface area contributed by atoms with Crippen molar-refractivity contribution in [3.8, 4) is 0 Å². The zero-order valence-electron chi connectivity index (χ0n) is 19.3. The highest BCUT2D eigenvalue weighted by atomic mass is 32.2. The number of hydrogen-bond donors (Lipinski definition) is 1. The number of nitrogens with one attached hydrogen (secondary N) is 1. The van der Waals surface area contributed by atoms with E-state index in [9.17, 15) is 9.59 Å². The molecule has 0 saturated heterocycles. The summed E-state index contributed by atoms with van der Waals surface area (Å²) in [5.41, 5.74) is 1.98. The molecule has 1 amide bonds. The van der Waals surface area contributed by atoms with Gasteiger partial charge in [-0.2, -0.15) is 0 Å². The molecule has 0 saturated carbocycles. The molecule has 0 bridgehead atoms. The summed E-state index contributed by atoms with van der Waals surface area (Å²) in [6, 6.07) is 17.2. The molecule has 0 spiro atoms. The third kappa shape index (κ3) is 5.85. The van der Waals surface area contributed by atoms with Crippen LogP contribution < -0.4 is 5.32 Å². The number of hydrogen-bond acceptors (Lipinski definition) is 5. The molecule has 0 aliphatic rings. The van der Waals surface area contributed by atoms with E-state index in [1.54, 1.807) is 24.3 Å². The standard InChI is InChI=1S/C25H30N4O2S/c1-6-29-21(16-18-10-8-7-9-11-18)27-28-24(29)32-17(2)22(30)19-12-14-20(15-13-19)26-23(31)25(3,4)5/h7-15,17H,6,16H2,1-5H3,(H,26,31). The van der Waals surface area contributed by atoms with Crippen molar-refractivity contribution in [1.29, 1.82) is 0 Å². The number of amides is 1. The molecule has 1 N–H and O–H groups in total. The maximum absolute atomic E-state index is 13.0. The molecule has 1 heterocycles. The molecule has 168 valence electrons. The first-order valence-electron chi connectivity index (χ1n) is 10.8. The third-order valence-electron chi connectivity index (χ3n) is 5.07. The first kappa shape index (κ1) is 23.7. The molecule has 32 heavy (non-hydrogen) atoms. The Balaban J connectivity index is 1.67. The summed E-state index contributed by atoms with van der Waals surface area (Å²) in [6.45, 7) is 10.3. The van der Waals surface area contributed by atoms with E-state index in [-0.39, 0.29) is 16.9 Å². The monoisotopic (exact) mass is 450 g/mol. The van der Waals surface area contributed by atoms with Crippen molar-refractivity contribution < 1.29 is 9.59 Å². The van der Waals surface area contributed by atoms with Crippen molar-refractivity contribution in [2.24, 2.45) is 5.41 Å². The Bertz CT molecular complexity index is 1070. The van der Waals surface area contributed by atoms with Crippen LogP contribution in [0.4, 0.5) is 5.69 Å². The van der Waals surface area contributed by atoms with Gasteiger partial charge in [-0.05, 0) is 43.7 Å². The Morgan fingerprint density at radius 2 is 1.69 bits per heavy atom. The third-order valence-corrected chi connectivity index (χ3v) is 6.16. The van der Waals surface area contributed by atoms with Gasteiger partial charge >= 0.3 is 0 Å². The van der Waals surface area contributed by atoms with Gasteiger partial charge in [-0.1, -0.05) is 62.9 Å². The van der Waals surface area contributed by atoms with Crippen LogP contribution in [0.15, 0.2) is 59.8 Å². The lowest BCUT2D eigenvalue weighted by molar-refractivity contribution is -0.123. The second kappa shape index (κ2) is 10.1. The number of aromatic nitrogens is 3. The van der Waals surface area contributed by atoms with E-state index in [0.717, 1.165) is 17.5 Å². The van der Waals surface area contributed by atoms with Gasteiger partial charge in [0.2, 0.25) is 5.91 Å². The molecule has 3 aromatic rings. The van der Waals surface area contributed by atoms with Gasteiger partial charge in [0.25, 0.3) is 0 Å². The molecule has 0 radical (unpaired) electrons. The lowest BCUT2D eigenvalue weighted by atomic mass is 9.95. The fourth-order valence-corrected chi connectivity index (χ4v) is 4.12. The van der Waals surface area contributed by atoms with Gasteiger partial charge in [0.1, 0.15) is 5.82 Å². The van der Waals surface area contributed by atoms with E-state index >= 15 is 0 Å². The second-order valence-corrected chi connectivity index (χ2v) is 10.0. The Kier molecular flexibility index (Phi) is 7.51. The molecule has 0 aliphatic heterocycles. The van der Waals surface area contributed by atoms with Crippen LogP contribution in [0.5, 0.6) is 0 Å².